The van der Waals surface area contributed by atoms with Crippen molar-refractivity contribution in [1.82, 2.24) is 0 Å². The van der Waals surface area contributed by atoms with Crippen LogP contribution in [0.1, 0.15) is 174 Å². The minimum Gasteiger partial charge on any atom is -0.457 e. The van der Waals surface area contributed by atoms with Crippen LogP contribution in [0.25, 0.3) is 0 Å². The van der Waals surface area contributed by atoms with E-state index in [1.54, 1.807) is 6.92 Å². The molecule has 0 saturated carbocycles. The van der Waals surface area contributed by atoms with Crippen molar-refractivity contribution in [2.75, 3.05) is 33.0 Å². The van der Waals surface area contributed by atoms with E-state index >= 15 is 0 Å². The molecule has 2 unspecified atom stereocenters. The van der Waals surface area contributed by atoms with Gasteiger partial charge in [-0.15, -0.1) is 0 Å². The van der Waals surface area contributed by atoms with Crippen molar-refractivity contribution in [2.45, 2.75) is 180 Å². The fraction of sp³-hybridized carbons (Fsp3) is 0.971. The van der Waals surface area contributed by atoms with Gasteiger partial charge in [-0.1, -0.05) is 162 Å². The van der Waals surface area contributed by atoms with E-state index in [0.29, 0.717) is 6.61 Å². The van der Waals surface area contributed by atoms with Crippen LogP contribution in [0.5, 0.6) is 0 Å². The summed E-state index contributed by atoms with van der Waals surface area (Å²) >= 11 is 0. The van der Waals surface area contributed by atoms with E-state index in [2.05, 4.69) is 6.92 Å². The molecule has 0 saturated heterocycles. The SMILES string of the molecule is CCCCCCCCCCCCCCCCCCCCCCCCCCOCC(COP(=O)(O)OCCN)OC(=O)CC. The molecule has 0 rings (SSSR count). The quantitative estimate of drug-likeness (QED) is 0.0401. The summed E-state index contributed by atoms with van der Waals surface area (Å²) in [5.74, 6) is -0.414. The third kappa shape index (κ3) is 32.7. The first-order chi connectivity index (χ1) is 20.9. The van der Waals surface area contributed by atoms with Gasteiger partial charge in [-0.25, -0.2) is 4.57 Å². The summed E-state index contributed by atoms with van der Waals surface area (Å²) < 4.78 is 32.3. The largest absolute Gasteiger partial charge is 0.472 e. The smallest absolute Gasteiger partial charge is 0.457 e. The Labute approximate surface area is 265 Å². The number of ether oxygens (including phenoxy) is 2. The summed E-state index contributed by atoms with van der Waals surface area (Å²) in [4.78, 5) is 21.3. The summed E-state index contributed by atoms with van der Waals surface area (Å²) in [5, 5.41) is 0. The van der Waals surface area contributed by atoms with Gasteiger partial charge >= 0.3 is 13.8 Å². The predicted octanol–water partition coefficient (Wildman–Crippen LogP) is 9.80. The summed E-state index contributed by atoms with van der Waals surface area (Å²) in [6.45, 7) is 4.37. The molecule has 0 radical (unpaired) electrons. The molecule has 0 aliphatic rings. The van der Waals surface area contributed by atoms with Crippen molar-refractivity contribution < 1.29 is 32.8 Å². The first-order valence-electron chi connectivity index (χ1n) is 18.0. The average molecular weight is 636 g/mol. The van der Waals surface area contributed by atoms with Gasteiger partial charge in [0, 0.05) is 19.6 Å². The van der Waals surface area contributed by atoms with Gasteiger partial charge in [-0.05, 0) is 6.42 Å². The lowest BCUT2D eigenvalue weighted by Gasteiger charge is -2.19. The maximum atomic E-state index is 11.8. The van der Waals surface area contributed by atoms with E-state index < -0.39 is 19.9 Å². The lowest BCUT2D eigenvalue weighted by molar-refractivity contribution is -0.154. The van der Waals surface area contributed by atoms with Crippen LogP contribution in [0.15, 0.2) is 0 Å². The number of phosphoric acid groups is 1. The molecular formula is C34H70NO7P. The molecule has 0 aromatic carbocycles. The van der Waals surface area contributed by atoms with Gasteiger partial charge in [0.05, 0.1) is 19.8 Å². The predicted molar refractivity (Wildman–Crippen MR) is 178 cm³/mol. The molecule has 0 aliphatic heterocycles. The van der Waals surface area contributed by atoms with Gasteiger partial charge in [-0.2, -0.15) is 0 Å². The van der Waals surface area contributed by atoms with Crippen molar-refractivity contribution in [2.24, 2.45) is 5.73 Å². The van der Waals surface area contributed by atoms with Gasteiger partial charge in [0.25, 0.3) is 0 Å². The van der Waals surface area contributed by atoms with E-state index in [4.69, 9.17) is 24.3 Å². The Morgan fingerprint density at radius 2 is 1.00 bits per heavy atom. The van der Waals surface area contributed by atoms with Crippen molar-refractivity contribution in [3.8, 4) is 0 Å². The minimum absolute atomic E-state index is 0.0940. The van der Waals surface area contributed by atoms with Crippen molar-refractivity contribution in [3.05, 3.63) is 0 Å². The molecule has 0 spiro atoms. The zero-order chi connectivity index (χ0) is 31.7. The van der Waals surface area contributed by atoms with E-state index in [-0.39, 0.29) is 32.8 Å². The monoisotopic (exact) mass is 635 g/mol. The van der Waals surface area contributed by atoms with E-state index in [9.17, 15) is 14.3 Å². The Kier molecular flexibility index (Phi) is 32.5. The third-order valence-corrected chi connectivity index (χ3v) is 8.81. The second kappa shape index (κ2) is 32.9. The normalized spacial score (nSPS) is 13.7. The van der Waals surface area contributed by atoms with Crippen LogP contribution >= 0.6 is 7.82 Å². The molecule has 0 aromatic rings. The van der Waals surface area contributed by atoms with Crippen LogP contribution in [0.2, 0.25) is 0 Å². The highest BCUT2D eigenvalue weighted by Gasteiger charge is 2.24. The zero-order valence-electron chi connectivity index (χ0n) is 28.2. The fourth-order valence-electron chi connectivity index (χ4n) is 5.15. The molecule has 8 nitrogen and oxygen atoms in total. The maximum absolute atomic E-state index is 11.8. The van der Waals surface area contributed by atoms with Crippen LogP contribution in [0, 0.1) is 0 Å². The van der Waals surface area contributed by atoms with E-state index in [0.717, 1.165) is 12.8 Å². The highest BCUT2D eigenvalue weighted by Crippen LogP contribution is 2.43. The van der Waals surface area contributed by atoms with Crippen molar-refractivity contribution in [3.63, 3.8) is 0 Å². The highest BCUT2D eigenvalue weighted by molar-refractivity contribution is 7.47. The number of hydrogen-bond donors (Lipinski definition) is 2. The molecule has 0 heterocycles. The van der Waals surface area contributed by atoms with Crippen LogP contribution in [-0.2, 0) is 27.9 Å². The summed E-state index contributed by atoms with van der Waals surface area (Å²) in [5.41, 5.74) is 5.27. The van der Waals surface area contributed by atoms with E-state index in [1.807, 2.05) is 0 Å². The van der Waals surface area contributed by atoms with Gasteiger partial charge in [-0.3, -0.25) is 13.8 Å². The Balaban J connectivity index is 3.47. The summed E-state index contributed by atoms with van der Waals surface area (Å²) in [6, 6.07) is 0. The van der Waals surface area contributed by atoms with Crippen LogP contribution < -0.4 is 5.73 Å². The van der Waals surface area contributed by atoms with Gasteiger partial charge in [0.2, 0.25) is 0 Å². The maximum Gasteiger partial charge on any atom is 0.472 e. The van der Waals surface area contributed by atoms with Crippen LogP contribution in [0.4, 0.5) is 0 Å². The molecular weight excluding hydrogens is 565 g/mol. The highest BCUT2D eigenvalue weighted by atomic mass is 31.2. The number of carbonyl (C=O) groups is 1. The molecule has 0 bridgehead atoms. The first kappa shape index (κ1) is 42.5. The fourth-order valence-corrected chi connectivity index (χ4v) is 5.91. The number of hydrogen-bond acceptors (Lipinski definition) is 7. The second-order valence-corrected chi connectivity index (χ2v) is 13.5. The van der Waals surface area contributed by atoms with Crippen LogP contribution in [-0.4, -0.2) is 49.9 Å². The van der Waals surface area contributed by atoms with Crippen LogP contribution in [0.3, 0.4) is 0 Å². The number of phosphoric ester groups is 1. The standard InChI is InChI=1S/C34H70NO7P/c1-3-5-6-7-8-9-10-11-12-13-14-15-16-17-18-19-20-21-22-23-24-25-26-27-29-39-31-33(42-34(36)4-2)32-41-43(37,38)40-30-28-35/h33H,3-32,35H2,1-2H3,(H,37,38). The molecule has 3 N–H and O–H groups in total. The molecule has 0 amide bonds. The molecule has 9 heteroatoms. The second-order valence-electron chi connectivity index (χ2n) is 12.1. The molecule has 0 fully saturated rings. The Hall–Kier alpha value is -0.500. The van der Waals surface area contributed by atoms with E-state index in [1.165, 1.54) is 141 Å². The van der Waals surface area contributed by atoms with Gasteiger partial charge < -0.3 is 20.1 Å². The molecule has 258 valence electrons. The topological polar surface area (TPSA) is 117 Å². The lowest BCUT2D eigenvalue weighted by Crippen LogP contribution is -2.28. The Morgan fingerprint density at radius 1 is 0.605 bits per heavy atom. The molecule has 43 heavy (non-hydrogen) atoms. The Bertz CT molecular complexity index is 638. The molecule has 0 aromatic heterocycles. The number of carbonyl (C=O) groups excluding carboxylic acids is 1. The molecule has 2 atom stereocenters. The number of unbranched alkanes of at least 4 members (excludes halogenated alkanes) is 23. The molecule has 0 aliphatic carbocycles. The van der Waals surface area contributed by atoms with Gasteiger partial charge in [0.15, 0.2) is 0 Å². The number of esters is 1. The first-order valence-corrected chi connectivity index (χ1v) is 19.5. The number of nitrogens with two attached hydrogens (primary N) is 1. The Morgan fingerprint density at radius 3 is 1.37 bits per heavy atom. The number of rotatable bonds is 35. The summed E-state index contributed by atoms with van der Waals surface area (Å²) in [6.07, 6.45) is 32.2. The zero-order valence-corrected chi connectivity index (χ0v) is 29.1. The lowest BCUT2D eigenvalue weighted by atomic mass is 10.0. The average Bonchev–Trinajstić information content (AvgIpc) is 3.00. The third-order valence-electron chi connectivity index (χ3n) is 7.83. The van der Waals surface area contributed by atoms with Crippen molar-refractivity contribution in [1.29, 1.82) is 0 Å². The van der Waals surface area contributed by atoms with Crippen molar-refractivity contribution >= 4 is 13.8 Å². The minimum atomic E-state index is -4.23. The van der Waals surface area contributed by atoms with Gasteiger partial charge in [0.1, 0.15) is 6.10 Å². The summed E-state index contributed by atoms with van der Waals surface area (Å²) in [7, 11) is -4.23.